The minimum Gasteiger partial charge on any atom is -0.478 e. The first kappa shape index (κ1) is 39.3. The zero-order valence-corrected chi connectivity index (χ0v) is 30.6. The number of nitrogens with zero attached hydrogens (tertiary/aromatic N) is 7. The predicted octanol–water partition coefficient (Wildman–Crippen LogP) is 3.59. The third-order valence-corrected chi connectivity index (χ3v) is 8.94. The Morgan fingerprint density at radius 1 is 0.927 bits per heavy atom. The molecular weight excluding hydrogens is 710 g/mol. The molecule has 1 fully saturated rings. The molecule has 0 radical (unpaired) electrons. The average molecular weight is 752 g/mol. The summed E-state index contributed by atoms with van der Waals surface area (Å²) >= 11 is 0. The number of carbonyl (C=O) groups excluding carboxylic acids is 2. The Balaban J connectivity index is 0.000000654. The number of hydrogen-bond acceptors (Lipinski definition) is 10. The molecule has 6 rings (SSSR count). The van der Waals surface area contributed by atoms with Crippen LogP contribution in [0.1, 0.15) is 68.5 Å². The van der Waals surface area contributed by atoms with E-state index < -0.39 is 29.1 Å². The fourth-order valence-corrected chi connectivity index (χ4v) is 6.22. The third kappa shape index (κ3) is 8.84. The summed E-state index contributed by atoms with van der Waals surface area (Å²) in [4.78, 5) is 81.9. The van der Waals surface area contributed by atoms with Crippen LogP contribution in [0.15, 0.2) is 89.0 Å². The highest BCUT2D eigenvalue weighted by atomic mass is 16.4. The molecule has 1 saturated heterocycles. The van der Waals surface area contributed by atoms with Gasteiger partial charge in [-0.3, -0.25) is 19.0 Å². The highest BCUT2D eigenvalue weighted by Gasteiger charge is 2.29. The van der Waals surface area contributed by atoms with Crippen molar-refractivity contribution < 1.29 is 29.4 Å². The number of nitrogens with one attached hydrogen (secondary N) is 1. The maximum Gasteiger partial charge on any atom is 0.337 e. The van der Waals surface area contributed by atoms with Gasteiger partial charge in [0.15, 0.2) is 5.82 Å². The van der Waals surface area contributed by atoms with Crippen LogP contribution in [0, 0.1) is 5.92 Å². The van der Waals surface area contributed by atoms with E-state index in [2.05, 4.69) is 26.4 Å². The number of likely N-dealkylation sites (tertiary alicyclic amines) is 1. The standard InChI is InChI=1S/C34H37N9O4.C4H4O4/c1-20(2)32(45)40-15-12-23(13-16-40)27-17-25(29-30(35)37-19-38-43(27)29)22-8-10-24(11-9-22)39-31(44)26-18-41(21(3)4)34(47)42(33(26)46)28-7-5-6-14-36-28;5-3(6)1-2-4(7)8/h5-11,14,17-21,23H,12-13,15-16H2,1-4H3,(H,39,44)(H2,35,37,38);1-2H,(H,5,6)(H,7,8)/b;2-1-. The lowest BCUT2D eigenvalue weighted by Crippen LogP contribution is -2.43. The average Bonchev–Trinajstić information content (AvgIpc) is 3.55. The molecular formula is C38H41N9O8. The molecule has 4 aromatic heterocycles. The second-order valence-corrected chi connectivity index (χ2v) is 13.3. The number of carboxylic acids is 2. The van der Waals surface area contributed by atoms with E-state index in [-0.39, 0.29) is 35.2 Å². The summed E-state index contributed by atoms with van der Waals surface area (Å²) in [7, 11) is 0. The quantitative estimate of drug-likeness (QED) is 0.158. The summed E-state index contributed by atoms with van der Waals surface area (Å²) in [6.07, 6.45) is 6.95. The summed E-state index contributed by atoms with van der Waals surface area (Å²) in [5.74, 6) is -2.37. The molecule has 0 saturated carbocycles. The van der Waals surface area contributed by atoms with Crippen molar-refractivity contribution in [1.29, 1.82) is 0 Å². The summed E-state index contributed by atoms with van der Waals surface area (Å²) in [6, 6.07) is 13.8. The van der Waals surface area contributed by atoms with E-state index in [1.807, 2.05) is 35.4 Å². The number of nitrogens with two attached hydrogens (primary N) is 1. The first-order chi connectivity index (χ1) is 26.2. The number of hydrogen-bond donors (Lipinski definition) is 4. The van der Waals surface area contributed by atoms with Crippen molar-refractivity contribution in [3.8, 4) is 16.9 Å². The van der Waals surface area contributed by atoms with Crippen LogP contribution in [0.3, 0.4) is 0 Å². The SMILES string of the molecule is CC(C)C(=O)N1CCC(c2cc(-c3ccc(NC(=O)c4cn(C(C)C)c(=O)n(-c5ccccn5)c4=O)cc3)c3c(N)ncnn23)CC1.O=C(O)/C=C\C(=O)O. The molecule has 0 unspecified atom stereocenters. The highest BCUT2D eigenvalue weighted by Crippen LogP contribution is 2.37. The summed E-state index contributed by atoms with van der Waals surface area (Å²) < 4.78 is 4.09. The minimum atomic E-state index is -1.26. The van der Waals surface area contributed by atoms with Gasteiger partial charge in [0.1, 0.15) is 23.2 Å². The predicted molar refractivity (Wildman–Crippen MR) is 203 cm³/mol. The molecule has 0 bridgehead atoms. The number of amides is 2. The van der Waals surface area contributed by atoms with Crippen LogP contribution in [0.5, 0.6) is 0 Å². The third-order valence-electron chi connectivity index (χ3n) is 8.94. The molecule has 0 atom stereocenters. The van der Waals surface area contributed by atoms with Crippen LogP contribution in [0.2, 0.25) is 0 Å². The lowest BCUT2D eigenvalue weighted by atomic mass is 9.92. The van der Waals surface area contributed by atoms with Gasteiger partial charge in [0.2, 0.25) is 5.91 Å². The number of anilines is 2. The van der Waals surface area contributed by atoms with Gasteiger partial charge in [0, 0.05) is 72.5 Å². The number of piperidine rings is 1. The van der Waals surface area contributed by atoms with Gasteiger partial charge >= 0.3 is 17.6 Å². The molecule has 1 aliphatic rings. The summed E-state index contributed by atoms with van der Waals surface area (Å²) in [6.45, 7) is 8.79. The van der Waals surface area contributed by atoms with Gasteiger partial charge in [-0.05, 0) is 62.6 Å². The van der Waals surface area contributed by atoms with Gasteiger partial charge in [-0.25, -0.2) is 33.4 Å². The van der Waals surface area contributed by atoms with Gasteiger partial charge < -0.3 is 26.2 Å². The Kier molecular flexibility index (Phi) is 12.0. The molecule has 55 heavy (non-hydrogen) atoms. The van der Waals surface area contributed by atoms with Crippen LogP contribution in [0.25, 0.3) is 22.5 Å². The van der Waals surface area contributed by atoms with Crippen molar-refractivity contribution in [2.75, 3.05) is 24.1 Å². The smallest absolute Gasteiger partial charge is 0.337 e. The van der Waals surface area contributed by atoms with Crippen molar-refractivity contribution in [2.45, 2.75) is 52.5 Å². The Morgan fingerprint density at radius 3 is 2.15 bits per heavy atom. The van der Waals surface area contributed by atoms with Gasteiger partial charge in [-0.15, -0.1) is 0 Å². The molecule has 17 nitrogen and oxygen atoms in total. The lowest BCUT2D eigenvalue weighted by molar-refractivity contribution is -0.135. The number of pyridine rings is 1. The molecule has 0 aliphatic carbocycles. The molecule has 17 heteroatoms. The van der Waals surface area contributed by atoms with Gasteiger partial charge in [0.05, 0.1) is 0 Å². The highest BCUT2D eigenvalue weighted by molar-refractivity contribution is 6.04. The van der Waals surface area contributed by atoms with E-state index in [0.29, 0.717) is 42.3 Å². The topological polar surface area (TPSA) is 237 Å². The monoisotopic (exact) mass is 751 g/mol. The molecule has 5 aromatic rings. The first-order valence-electron chi connectivity index (χ1n) is 17.4. The van der Waals surface area contributed by atoms with Gasteiger partial charge in [-0.1, -0.05) is 32.0 Å². The van der Waals surface area contributed by atoms with Crippen molar-refractivity contribution in [3.63, 3.8) is 0 Å². The van der Waals surface area contributed by atoms with Crippen LogP contribution < -0.4 is 22.3 Å². The molecule has 2 amide bonds. The van der Waals surface area contributed by atoms with Crippen molar-refractivity contribution in [1.82, 2.24) is 33.6 Å². The zero-order chi connectivity index (χ0) is 40.0. The fraction of sp³-hybridized carbons (Fsp3) is 0.289. The van der Waals surface area contributed by atoms with Crippen LogP contribution in [0.4, 0.5) is 11.5 Å². The van der Waals surface area contributed by atoms with Crippen LogP contribution >= 0.6 is 0 Å². The molecule has 286 valence electrons. The maximum atomic E-state index is 13.4. The minimum absolute atomic E-state index is 0.0346. The van der Waals surface area contributed by atoms with E-state index in [1.54, 1.807) is 44.2 Å². The van der Waals surface area contributed by atoms with E-state index in [4.69, 9.17) is 15.9 Å². The van der Waals surface area contributed by atoms with Gasteiger partial charge in [-0.2, -0.15) is 5.10 Å². The first-order valence-corrected chi connectivity index (χ1v) is 17.4. The largest absolute Gasteiger partial charge is 0.478 e. The molecule has 5 heterocycles. The number of carboxylic acid groups (broad SMARTS) is 2. The molecule has 0 spiro atoms. The number of benzene rings is 1. The van der Waals surface area contributed by atoms with Crippen molar-refractivity contribution in [3.05, 3.63) is 111 Å². The number of aliphatic carboxylic acids is 2. The number of nitrogen functional groups attached to an aromatic ring is 1. The van der Waals surface area contributed by atoms with E-state index in [9.17, 15) is 28.8 Å². The number of aromatic nitrogens is 6. The van der Waals surface area contributed by atoms with E-state index >= 15 is 0 Å². The zero-order valence-electron chi connectivity index (χ0n) is 30.6. The maximum absolute atomic E-state index is 13.4. The number of rotatable bonds is 9. The number of fused-ring (bicyclic) bond motifs is 1. The van der Waals surface area contributed by atoms with Crippen LogP contribution in [-0.4, -0.2) is 80.7 Å². The molecule has 1 aromatic carbocycles. The lowest BCUT2D eigenvalue weighted by Gasteiger charge is -2.33. The molecule has 1 aliphatic heterocycles. The molecule has 5 N–H and O–H groups in total. The Labute approximate surface area is 314 Å². The second kappa shape index (κ2) is 16.8. The summed E-state index contributed by atoms with van der Waals surface area (Å²) in [5.41, 5.74) is 8.66. The number of carbonyl (C=O) groups is 4. The normalized spacial score (nSPS) is 13.2. The second-order valence-electron chi connectivity index (χ2n) is 13.3. The van der Waals surface area contributed by atoms with Gasteiger partial charge in [0.25, 0.3) is 11.5 Å². The Bertz CT molecular complexity index is 2360. The van der Waals surface area contributed by atoms with E-state index in [1.165, 1.54) is 23.3 Å². The summed E-state index contributed by atoms with van der Waals surface area (Å²) in [5, 5.41) is 22.9. The van der Waals surface area contributed by atoms with E-state index in [0.717, 1.165) is 34.2 Å². The van der Waals surface area contributed by atoms with Crippen molar-refractivity contribution in [2.24, 2.45) is 5.92 Å². The van der Waals surface area contributed by atoms with Crippen LogP contribution in [-0.2, 0) is 14.4 Å². The van der Waals surface area contributed by atoms with Crippen molar-refractivity contribution >= 4 is 40.8 Å². The fourth-order valence-electron chi connectivity index (χ4n) is 6.22. The Morgan fingerprint density at radius 2 is 1.58 bits per heavy atom. The Hall–Kier alpha value is -6.91.